The standard InChI is InChI=1S/C13H17BrN2O.ClH/c1-10-9-16(6-5-15-10)13(17)8-11-3-2-4-12(14)7-11;/h2-4,7,10,15H,5-6,8-9H2,1H3;1H/t10-;/m0./s1. The summed E-state index contributed by atoms with van der Waals surface area (Å²) in [5, 5.41) is 3.34. The van der Waals surface area contributed by atoms with Gasteiger partial charge in [0, 0.05) is 30.1 Å². The topological polar surface area (TPSA) is 32.3 Å². The molecule has 1 aromatic rings. The van der Waals surface area contributed by atoms with Gasteiger partial charge >= 0.3 is 0 Å². The number of carbonyl (C=O) groups excluding carboxylic acids is 1. The van der Waals surface area contributed by atoms with E-state index in [-0.39, 0.29) is 18.3 Å². The van der Waals surface area contributed by atoms with Crippen LogP contribution in [0.2, 0.25) is 0 Å². The number of rotatable bonds is 2. The van der Waals surface area contributed by atoms with Gasteiger partial charge in [-0.25, -0.2) is 0 Å². The van der Waals surface area contributed by atoms with Gasteiger partial charge in [0.05, 0.1) is 6.42 Å². The molecule has 1 aromatic carbocycles. The zero-order valence-electron chi connectivity index (χ0n) is 10.4. The van der Waals surface area contributed by atoms with Gasteiger partial charge in [-0.3, -0.25) is 4.79 Å². The van der Waals surface area contributed by atoms with Crippen LogP contribution in [0.1, 0.15) is 12.5 Å². The van der Waals surface area contributed by atoms with Crippen molar-refractivity contribution in [2.45, 2.75) is 19.4 Å². The Kier molecular flexibility index (Phi) is 6.12. The van der Waals surface area contributed by atoms with Crippen molar-refractivity contribution in [3.05, 3.63) is 34.3 Å². The number of nitrogens with one attached hydrogen (secondary N) is 1. The zero-order chi connectivity index (χ0) is 12.3. The van der Waals surface area contributed by atoms with E-state index in [9.17, 15) is 4.79 Å². The summed E-state index contributed by atoms with van der Waals surface area (Å²) in [5.74, 6) is 0.219. The van der Waals surface area contributed by atoms with Crippen molar-refractivity contribution in [2.24, 2.45) is 0 Å². The van der Waals surface area contributed by atoms with Crippen LogP contribution in [0.5, 0.6) is 0 Å². The van der Waals surface area contributed by atoms with E-state index < -0.39 is 0 Å². The lowest BCUT2D eigenvalue weighted by Gasteiger charge is -2.32. The number of hydrogen-bond acceptors (Lipinski definition) is 2. The van der Waals surface area contributed by atoms with Crippen LogP contribution in [0.4, 0.5) is 0 Å². The largest absolute Gasteiger partial charge is 0.340 e. The summed E-state index contributed by atoms with van der Waals surface area (Å²) in [5.41, 5.74) is 1.07. The Labute approximate surface area is 122 Å². The van der Waals surface area contributed by atoms with Crippen LogP contribution in [-0.2, 0) is 11.2 Å². The van der Waals surface area contributed by atoms with Crippen molar-refractivity contribution in [1.82, 2.24) is 10.2 Å². The molecule has 0 aliphatic carbocycles. The van der Waals surface area contributed by atoms with E-state index in [1.165, 1.54) is 0 Å². The van der Waals surface area contributed by atoms with Crippen molar-refractivity contribution < 1.29 is 4.79 Å². The first kappa shape index (κ1) is 15.5. The molecule has 1 fully saturated rings. The first-order valence-corrected chi connectivity index (χ1v) is 6.70. The summed E-state index contributed by atoms with van der Waals surface area (Å²) in [6.07, 6.45) is 0.492. The van der Waals surface area contributed by atoms with Gasteiger partial charge in [-0.1, -0.05) is 28.1 Å². The molecule has 0 bridgehead atoms. The minimum atomic E-state index is 0. The molecule has 0 aromatic heterocycles. The highest BCUT2D eigenvalue weighted by atomic mass is 79.9. The van der Waals surface area contributed by atoms with E-state index in [0.717, 1.165) is 29.7 Å². The molecule has 0 spiro atoms. The molecule has 18 heavy (non-hydrogen) atoms. The monoisotopic (exact) mass is 332 g/mol. The van der Waals surface area contributed by atoms with Gasteiger partial charge < -0.3 is 10.2 Å². The Morgan fingerprint density at radius 1 is 1.56 bits per heavy atom. The van der Waals surface area contributed by atoms with Gasteiger partial charge in [-0.15, -0.1) is 12.4 Å². The van der Waals surface area contributed by atoms with Crippen molar-refractivity contribution in [1.29, 1.82) is 0 Å². The van der Waals surface area contributed by atoms with Crippen LogP contribution in [0.25, 0.3) is 0 Å². The van der Waals surface area contributed by atoms with E-state index in [0.29, 0.717) is 12.5 Å². The molecule has 1 heterocycles. The molecule has 5 heteroatoms. The lowest BCUT2D eigenvalue weighted by molar-refractivity contribution is -0.131. The van der Waals surface area contributed by atoms with Gasteiger partial charge in [-0.05, 0) is 24.6 Å². The van der Waals surface area contributed by atoms with Crippen molar-refractivity contribution >= 4 is 34.2 Å². The number of hydrogen-bond donors (Lipinski definition) is 1. The van der Waals surface area contributed by atoms with E-state index in [1.54, 1.807) is 0 Å². The Balaban J connectivity index is 0.00000162. The third-order valence-corrected chi connectivity index (χ3v) is 3.46. The summed E-state index contributed by atoms with van der Waals surface area (Å²) in [6, 6.07) is 8.33. The molecule has 0 saturated carbocycles. The van der Waals surface area contributed by atoms with E-state index in [4.69, 9.17) is 0 Å². The molecule has 100 valence electrons. The second kappa shape index (κ2) is 7.12. The zero-order valence-corrected chi connectivity index (χ0v) is 12.8. The molecule has 2 rings (SSSR count). The average molecular weight is 334 g/mol. The predicted octanol–water partition coefficient (Wildman–Crippen LogP) is 2.23. The average Bonchev–Trinajstić information content (AvgIpc) is 2.29. The van der Waals surface area contributed by atoms with Crippen LogP contribution < -0.4 is 5.32 Å². The minimum absolute atomic E-state index is 0. The summed E-state index contributed by atoms with van der Waals surface area (Å²) in [4.78, 5) is 14.1. The highest BCUT2D eigenvalue weighted by Gasteiger charge is 2.20. The molecule has 1 saturated heterocycles. The maximum Gasteiger partial charge on any atom is 0.227 e. The fraction of sp³-hybridized carbons (Fsp3) is 0.462. The number of halogens is 2. The van der Waals surface area contributed by atoms with E-state index in [1.807, 2.05) is 29.2 Å². The summed E-state index contributed by atoms with van der Waals surface area (Å²) in [7, 11) is 0. The number of amides is 1. The summed E-state index contributed by atoms with van der Waals surface area (Å²) in [6.45, 7) is 4.63. The number of benzene rings is 1. The molecular weight excluding hydrogens is 316 g/mol. The van der Waals surface area contributed by atoms with Crippen molar-refractivity contribution in [3.63, 3.8) is 0 Å². The number of piperazine rings is 1. The molecule has 1 atom stereocenters. The number of carbonyl (C=O) groups is 1. The van der Waals surface area contributed by atoms with Crippen LogP contribution >= 0.6 is 28.3 Å². The van der Waals surface area contributed by atoms with Crippen LogP contribution in [0.15, 0.2) is 28.7 Å². The van der Waals surface area contributed by atoms with E-state index in [2.05, 4.69) is 28.2 Å². The van der Waals surface area contributed by atoms with Gasteiger partial charge in [0.1, 0.15) is 0 Å². The smallest absolute Gasteiger partial charge is 0.227 e. The third kappa shape index (κ3) is 4.26. The number of nitrogens with zero attached hydrogens (tertiary/aromatic N) is 1. The SMILES string of the molecule is C[C@H]1CN(C(=O)Cc2cccc(Br)c2)CCN1.Cl. The normalized spacial score (nSPS) is 19.2. The van der Waals surface area contributed by atoms with Gasteiger partial charge in [0.15, 0.2) is 0 Å². The Hall–Kier alpha value is -0.580. The summed E-state index contributed by atoms with van der Waals surface area (Å²) >= 11 is 3.42. The molecule has 0 unspecified atom stereocenters. The highest BCUT2D eigenvalue weighted by Crippen LogP contribution is 2.13. The Morgan fingerprint density at radius 3 is 3.00 bits per heavy atom. The fourth-order valence-electron chi connectivity index (χ4n) is 2.09. The molecule has 1 amide bonds. The quantitative estimate of drug-likeness (QED) is 0.900. The van der Waals surface area contributed by atoms with Crippen LogP contribution in [0, 0.1) is 0 Å². The Bertz CT molecular complexity index is 414. The molecular formula is C13H18BrClN2O. The second-order valence-electron chi connectivity index (χ2n) is 4.50. The summed E-state index contributed by atoms with van der Waals surface area (Å²) < 4.78 is 1.02. The maximum atomic E-state index is 12.1. The van der Waals surface area contributed by atoms with Crippen molar-refractivity contribution in [3.8, 4) is 0 Å². The third-order valence-electron chi connectivity index (χ3n) is 2.97. The van der Waals surface area contributed by atoms with Crippen LogP contribution in [0.3, 0.4) is 0 Å². The van der Waals surface area contributed by atoms with E-state index >= 15 is 0 Å². The van der Waals surface area contributed by atoms with Crippen molar-refractivity contribution in [2.75, 3.05) is 19.6 Å². The first-order valence-electron chi connectivity index (χ1n) is 5.91. The molecule has 1 N–H and O–H groups in total. The fourth-order valence-corrected chi connectivity index (χ4v) is 2.54. The second-order valence-corrected chi connectivity index (χ2v) is 5.42. The molecule has 1 aliphatic rings. The molecule has 0 radical (unpaired) electrons. The lowest BCUT2D eigenvalue weighted by atomic mass is 10.1. The molecule has 1 aliphatic heterocycles. The predicted molar refractivity (Wildman–Crippen MR) is 79.1 cm³/mol. The minimum Gasteiger partial charge on any atom is -0.340 e. The first-order chi connectivity index (χ1) is 8.15. The highest BCUT2D eigenvalue weighted by molar-refractivity contribution is 9.10. The Morgan fingerprint density at radius 2 is 2.33 bits per heavy atom. The molecule has 3 nitrogen and oxygen atoms in total. The van der Waals surface area contributed by atoms with Gasteiger partial charge in [0.2, 0.25) is 5.91 Å². The van der Waals surface area contributed by atoms with Crippen LogP contribution in [-0.4, -0.2) is 36.5 Å². The van der Waals surface area contributed by atoms with Gasteiger partial charge in [0.25, 0.3) is 0 Å². The lowest BCUT2D eigenvalue weighted by Crippen LogP contribution is -2.51. The maximum absolute atomic E-state index is 12.1. The van der Waals surface area contributed by atoms with Gasteiger partial charge in [-0.2, -0.15) is 0 Å².